The first-order valence-electron chi connectivity index (χ1n) is 3.31. The number of carbonyl (C=O) groups excluding carboxylic acids is 1. The minimum absolute atomic E-state index is 0.323. The van der Waals surface area contributed by atoms with Gasteiger partial charge in [-0.05, 0) is 18.4 Å². The van der Waals surface area contributed by atoms with Crippen LogP contribution in [0.5, 0.6) is 0 Å². The van der Waals surface area contributed by atoms with Gasteiger partial charge in [-0.1, -0.05) is 6.08 Å². The van der Waals surface area contributed by atoms with E-state index in [4.69, 9.17) is 10.2 Å². The molecule has 0 bridgehead atoms. The minimum Gasteiger partial charge on any atom is -0.465 e. The lowest BCUT2D eigenvalue weighted by Gasteiger charge is -2.26. The zero-order valence-electron chi connectivity index (χ0n) is 6.20. The van der Waals surface area contributed by atoms with Crippen molar-refractivity contribution in [2.24, 2.45) is 0 Å². The van der Waals surface area contributed by atoms with E-state index in [0.717, 1.165) is 13.5 Å². The minimum atomic E-state index is -2.40. The van der Waals surface area contributed by atoms with E-state index in [1.807, 2.05) is 0 Å². The van der Waals surface area contributed by atoms with Crippen molar-refractivity contribution in [2.75, 3.05) is 7.11 Å². The van der Waals surface area contributed by atoms with Gasteiger partial charge in [-0.25, -0.2) is 4.79 Å². The Bertz CT molecular complexity index is 204. The van der Waals surface area contributed by atoms with Gasteiger partial charge in [-0.3, -0.25) is 0 Å². The van der Waals surface area contributed by atoms with Gasteiger partial charge in [-0.15, -0.1) is 0 Å². The smallest absolute Gasteiger partial charge is 0.370 e. The van der Waals surface area contributed by atoms with Crippen molar-refractivity contribution in [1.29, 1.82) is 0 Å². The van der Waals surface area contributed by atoms with Crippen LogP contribution in [-0.2, 0) is 9.53 Å². The molecule has 0 aromatic heterocycles. The molecule has 4 nitrogen and oxygen atoms in total. The fourth-order valence-corrected chi connectivity index (χ4v) is 0.879. The molecule has 0 heterocycles. The summed E-state index contributed by atoms with van der Waals surface area (Å²) >= 11 is 0. The maximum absolute atomic E-state index is 10.7. The predicted molar refractivity (Wildman–Crippen MR) is 36.5 cm³/mol. The van der Waals surface area contributed by atoms with E-state index in [-0.39, 0.29) is 0 Å². The van der Waals surface area contributed by atoms with Crippen LogP contribution >= 0.6 is 0 Å². The summed E-state index contributed by atoms with van der Waals surface area (Å²) < 4.78 is 4.19. The zero-order chi connectivity index (χ0) is 8.48. The van der Waals surface area contributed by atoms with E-state index in [9.17, 15) is 4.79 Å². The highest BCUT2D eigenvalue weighted by Gasteiger charge is 2.40. The number of aliphatic hydroxyl groups is 2. The molecule has 0 unspecified atom stereocenters. The Morgan fingerprint density at radius 3 is 2.55 bits per heavy atom. The second kappa shape index (κ2) is 2.64. The first-order valence-corrected chi connectivity index (χ1v) is 3.31. The van der Waals surface area contributed by atoms with Crippen LogP contribution in [-0.4, -0.2) is 29.1 Å². The molecule has 0 radical (unpaired) electrons. The summed E-state index contributed by atoms with van der Waals surface area (Å²) in [5, 5.41) is 18.2. The third kappa shape index (κ3) is 1.27. The first kappa shape index (κ1) is 8.23. The number of methoxy groups -OCH3 is 1. The van der Waals surface area contributed by atoms with Gasteiger partial charge < -0.3 is 14.9 Å². The molecule has 62 valence electrons. The molecule has 11 heavy (non-hydrogen) atoms. The van der Waals surface area contributed by atoms with Crippen LogP contribution in [0.4, 0.5) is 0 Å². The third-order valence-corrected chi connectivity index (χ3v) is 1.72. The number of rotatable bonds is 2. The van der Waals surface area contributed by atoms with Crippen LogP contribution in [0.3, 0.4) is 0 Å². The highest BCUT2D eigenvalue weighted by atomic mass is 16.6. The van der Waals surface area contributed by atoms with E-state index in [2.05, 4.69) is 4.74 Å². The molecule has 0 aromatic carbocycles. The summed E-state index contributed by atoms with van der Waals surface area (Å²) in [7, 11) is 1.11. The van der Waals surface area contributed by atoms with Crippen LogP contribution < -0.4 is 0 Å². The number of hydrogen-bond acceptors (Lipinski definition) is 4. The second-order valence-corrected chi connectivity index (χ2v) is 2.43. The number of carbonyl (C=O) groups is 1. The second-order valence-electron chi connectivity index (χ2n) is 2.43. The Morgan fingerprint density at radius 2 is 2.27 bits per heavy atom. The molecule has 1 aliphatic rings. The lowest BCUT2D eigenvalue weighted by Crippen LogP contribution is -2.42. The molecule has 0 fully saturated rings. The molecule has 0 saturated carbocycles. The first-order chi connectivity index (χ1) is 5.09. The van der Waals surface area contributed by atoms with Crippen molar-refractivity contribution in [3.8, 4) is 0 Å². The summed E-state index contributed by atoms with van der Waals surface area (Å²) in [6.45, 7) is 0. The number of ether oxygens (including phenoxy) is 1. The van der Waals surface area contributed by atoms with Gasteiger partial charge in [0.1, 0.15) is 0 Å². The number of esters is 1. The van der Waals surface area contributed by atoms with Gasteiger partial charge in [0, 0.05) is 0 Å². The van der Waals surface area contributed by atoms with Crippen LogP contribution in [0.1, 0.15) is 12.8 Å². The van der Waals surface area contributed by atoms with Crippen LogP contribution in [0.2, 0.25) is 0 Å². The number of hydrogen-bond donors (Lipinski definition) is 2. The van der Waals surface area contributed by atoms with Crippen molar-refractivity contribution < 1.29 is 19.7 Å². The molecule has 1 rings (SSSR count). The fourth-order valence-electron chi connectivity index (χ4n) is 0.879. The number of allylic oxidation sites excluding steroid dienone is 1. The monoisotopic (exact) mass is 158 g/mol. The summed E-state index contributed by atoms with van der Waals surface area (Å²) in [6, 6.07) is 0. The lowest BCUT2D eigenvalue weighted by atomic mass is 9.91. The van der Waals surface area contributed by atoms with Gasteiger partial charge >= 0.3 is 5.97 Å². The molecule has 1 aliphatic carbocycles. The molecule has 4 heteroatoms. The molecule has 0 saturated heterocycles. The maximum Gasteiger partial charge on any atom is 0.370 e. The summed E-state index contributed by atoms with van der Waals surface area (Å²) in [4.78, 5) is 10.7. The fraction of sp³-hybridized carbons (Fsp3) is 0.571. The quantitative estimate of drug-likeness (QED) is 0.325. The zero-order valence-corrected chi connectivity index (χ0v) is 6.20. The maximum atomic E-state index is 10.7. The highest BCUT2D eigenvalue weighted by molar-refractivity contribution is 5.81. The largest absolute Gasteiger partial charge is 0.465 e. The normalized spacial score (nSPS) is 16.8. The van der Waals surface area contributed by atoms with Crippen molar-refractivity contribution in [2.45, 2.75) is 18.6 Å². The van der Waals surface area contributed by atoms with Gasteiger partial charge in [0.15, 0.2) is 0 Å². The molecule has 0 amide bonds. The molecule has 0 aromatic rings. The Labute approximate surface area is 64.1 Å². The Morgan fingerprint density at radius 1 is 1.73 bits per heavy atom. The highest BCUT2D eigenvalue weighted by Crippen LogP contribution is 2.28. The average Bonchev–Trinajstić information content (AvgIpc) is 1.81. The molecule has 0 aliphatic heterocycles. The molecule has 0 spiro atoms. The Balaban J connectivity index is 2.72. The van der Waals surface area contributed by atoms with E-state index in [1.165, 1.54) is 0 Å². The van der Waals surface area contributed by atoms with E-state index in [0.29, 0.717) is 12.0 Å². The van der Waals surface area contributed by atoms with Crippen LogP contribution in [0.25, 0.3) is 0 Å². The van der Waals surface area contributed by atoms with Gasteiger partial charge in [0.2, 0.25) is 0 Å². The van der Waals surface area contributed by atoms with Crippen molar-refractivity contribution in [3.05, 3.63) is 11.6 Å². The van der Waals surface area contributed by atoms with Gasteiger partial charge in [-0.2, -0.15) is 0 Å². The van der Waals surface area contributed by atoms with E-state index < -0.39 is 11.8 Å². The molecule has 0 atom stereocenters. The van der Waals surface area contributed by atoms with E-state index >= 15 is 0 Å². The summed E-state index contributed by atoms with van der Waals surface area (Å²) in [5.41, 5.74) is 0.323. The topological polar surface area (TPSA) is 66.8 Å². The SMILES string of the molecule is COC(=O)C(O)(O)C1=CCC1. The van der Waals surface area contributed by atoms with Gasteiger partial charge in [0.05, 0.1) is 7.11 Å². The van der Waals surface area contributed by atoms with Crippen LogP contribution in [0.15, 0.2) is 11.6 Å². The average molecular weight is 158 g/mol. The molecular formula is C7H10O4. The Hall–Kier alpha value is -0.870. The molecular weight excluding hydrogens is 148 g/mol. The van der Waals surface area contributed by atoms with Crippen molar-refractivity contribution >= 4 is 5.97 Å². The summed E-state index contributed by atoms with van der Waals surface area (Å²) in [5.74, 6) is -3.42. The van der Waals surface area contributed by atoms with Gasteiger partial charge in [0.25, 0.3) is 5.79 Å². The van der Waals surface area contributed by atoms with Crippen molar-refractivity contribution in [1.82, 2.24) is 0 Å². The van der Waals surface area contributed by atoms with Crippen LogP contribution in [0, 0.1) is 0 Å². The Kier molecular flexibility index (Phi) is 1.97. The standard InChI is InChI=1S/C7H10O4/c1-11-6(8)7(9,10)5-3-2-4-5/h3,9-10H,2,4H2,1H3. The third-order valence-electron chi connectivity index (χ3n) is 1.72. The lowest BCUT2D eigenvalue weighted by molar-refractivity contribution is -0.195. The van der Waals surface area contributed by atoms with Crippen molar-refractivity contribution in [3.63, 3.8) is 0 Å². The van der Waals surface area contributed by atoms with E-state index in [1.54, 1.807) is 6.08 Å². The molecule has 2 N–H and O–H groups in total. The summed E-state index contributed by atoms with van der Waals surface area (Å²) in [6.07, 6.45) is 2.94. The predicted octanol–water partition coefficient (Wildman–Crippen LogP) is -0.440.